The van der Waals surface area contributed by atoms with Gasteiger partial charge in [0.25, 0.3) is 0 Å². The molecule has 1 aromatic rings. The number of halogens is 1. The van der Waals surface area contributed by atoms with Crippen LogP contribution in [0, 0.1) is 5.92 Å². The monoisotopic (exact) mass is 349 g/mol. The van der Waals surface area contributed by atoms with Crippen molar-refractivity contribution in [2.75, 3.05) is 13.1 Å². The molecule has 0 N–H and O–H groups in total. The summed E-state index contributed by atoms with van der Waals surface area (Å²) in [4.78, 5) is 27.0. The number of hydrogen-bond acceptors (Lipinski definition) is 3. The lowest BCUT2D eigenvalue weighted by atomic mass is 9.82. The first-order chi connectivity index (χ1) is 11.5. The van der Waals surface area contributed by atoms with E-state index in [4.69, 9.17) is 16.3 Å². The van der Waals surface area contributed by atoms with E-state index >= 15 is 0 Å². The number of ketones is 1. The molecule has 1 amide bonds. The van der Waals surface area contributed by atoms with Gasteiger partial charge in [-0.05, 0) is 31.0 Å². The third-order valence-corrected chi connectivity index (χ3v) is 5.61. The molecule has 0 atom stereocenters. The van der Waals surface area contributed by atoms with Crippen LogP contribution in [0.15, 0.2) is 18.2 Å². The topological polar surface area (TPSA) is 46.6 Å². The maximum Gasteiger partial charge on any atom is 0.225 e. The van der Waals surface area contributed by atoms with Crippen LogP contribution >= 0.6 is 11.6 Å². The van der Waals surface area contributed by atoms with Crippen molar-refractivity contribution in [3.05, 3.63) is 28.8 Å². The van der Waals surface area contributed by atoms with Crippen LogP contribution in [0.2, 0.25) is 5.02 Å². The standard InChI is InChI=1S/C19H24ClNO3/c1-3-13(4-2)18(23)21-9-7-19(8-10-21)12-16(22)15-11-14(20)5-6-17(15)24-19/h5-6,11,13H,3-4,7-10,12H2,1-2H3. The molecule has 4 nitrogen and oxygen atoms in total. The zero-order chi connectivity index (χ0) is 17.3. The molecule has 1 fully saturated rings. The van der Waals surface area contributed by atoms with Crippen LogP contribution in [0.25, 0.3) is 0 Å². The van der Waals surface area contributed by atoms with E-state index in [1.807, 2.05) is 4.90 Å². The molecular weight excluding hydrogens is 326 g/mol. The van der Waals surface area contributed by atoms with Crippen molar-refractivity contribution in [2.45, 2.75) is 51.6 Å². The molecule has 0 bridgehead atoms. The number of piperidine rings is 1. The van der Waals surface area contributed by atoms with Crippen molar-refractivity contribution in [3.63, 3.8) is 0 Å². The molecule has 24 heavy (non-hydrogen) atoms. The van der Waals surface area contributed by atoms with Gasteiger partial charge < -0.3 is 9.64 Å². The number of ether oxygens (including phenoxy) is 1. The Kier molecular flexibility index (Phi) is 4.86. The van der Waals surface area contributed by atoms with E-state index in [1.165, 1.54) is 0 Å². The van der Waals surface area contributed by atoms with Gasteiger partial charge in [-0.1, -0.05) is 25.4 Å². The Labute approximate surface area is 148 Å². The SMILES string of the molecule is CCC(CC)C(=O)N1CCC2(CC1)CC(=O)c1cc(Cl)ccc1O2. The summed E-state index contributed by atoms with van der Waals surface area (Å²) in [5.74, 6) is 1.05. The lowest BCUT2D eigenvalue weighted by molar-refractivity contribution is -0.139. The van der Waals surface area contributed by atoms with Gasteiger partial charge in [-0.2, -0.15) is 0 Å². The number of carbonyl (C=O) groups excluding carboxylic acids is 2. The van der Waals surface area contributed by atoms with Gasteiger partial charge in [0.1, 0.15) is 11.4 Å². The van der Waals surface area contributed by atoms with Gasteiger partial charge in [0.2, 0.25) is 5.91 Å². The predicted octanol–water partition coefficient (Wildman–Crippen LogP) is 4.10. The molecule has 0 saturated carbocycles. The Morgan fingerprint density at radius 2 is 1.96 bits per heavy atom. The molecule has 2 aliphatic rings. The van der Waals surface area contributed by atoms with Crippen LogP contribution in [0.5, 0.6) is 5.75 Å². The van der Waals surface area contributed by atoms with E-state index in [9.17, 15) is 9.59 Å². The molecule has 1 spiro atoms. The molecule has 0 aliphatic carbocycles. The fraction of sp³-hybridized carbons (Fsp3) is 0.579. The second-order valence-electron chi connectivity index (χ2n) is 6.86. The fourth-order valence-corrected chi connectivity index (χ4v) is 3.95. The molecular formula is C19H24ClNO3. The number of fused-ring (bicyclic) bond motifs is 1. The highest BCUT2D eigenvalue weighted by atomic mass is 35.5. The van der Waals surface area contributed by atoms with Crippen molar-refractivity contribution >= 4 is 23.3 Å². The molecule has 2 aliphatic heterocycles. The molecule has 0 unspecified atom stereocenters. The number of hydrogen-bond donors (Lipinski definition) is 0. The first-order valence-electron chi connectivity index (χ1n) is 8.78. The highest BCUT2D eigenvalue weighted by molar-refractivity contribution is 6.31. The van der Waals surface area contributed by atoms with E-state index in [1.54, 1.807) is 18.2 Å². The lowest BCUT2D eigenvalue weighted by Gasteiger charge is -2.44. The van der Waals surface area contributed by atoms with Crippen molar-refractivity contribution in [1.82, 2.24) is 4.90 Å². The smallest absolute Gasteiger partial charge is 0.225 e. The van der Waals surface area contributed by atoms with E-state index in [2.05, 4.69) is 13.8 Å². The lowest BCUT2D eigenvalue weighted by Crippen LogP contribution is -2.53. The molecule has 0 aromatic heterocycles. The van der Waals surface area contributed by atoms with Gasteiger partial charge in [0, 0.05) is 36.9 Å². The van der Waals surface area contributed by atoms with Crippen molar-refractivity contribution in [1.29, 1.82) is 0 Å². The second-order valence-corrected chi connectivity index (χ2v) is 7.30. The summed E-state index contributed by atoms with van der Waals surface area (Å²) in [6, 6.07) is 5.20. The van der Waals surface area contributed by atoms with E-state index < -0.39 is 5.60 Å². The van der Waals surface area contributed by atoms with Gasteiger partial charge in [0.15, 0.2) is 5.78 Å². The summed E-state index contributed by atoms with van der Waals surface area (Å²) in [6.45, 7) is 5.43. The zero-order valence-corrected chi connectivity index (χ0v) is 15.1. The second kappa shape index (κ2) is 6.75. The first kappa shape index (κ1) is 17.3. The summed E-state index contributed by atoms with van der Waals surface area (Å²) in [7, 11) is 0. The zero-order valence-electron chi connectivity index (χ0n) is 14.3. The van der Waals surface area contributed by atoms with Crippen molar-refractivity contribution in [3.8, 4) is 5.75 Å². The van der Waals surface area contributed by atoms with Gasteiger partial charge in [0.05, 0.1) is 12.0 Å². The molecule has 1 saturated heterocycles. The van der Waals surface area contributed by atoms with Crippen LogP contribution < -0.4 is 4.74 Å². The summed E-state index contributed by atoms with van der Waals surface area (Å²) in [5.41, 5.74) is 0.103. The number of Topliss-reactive ketones (excluding diaryl/α,β-unsaturated/α-hetero) is 1. The highest BCUT2D eigenvalue weighted by Crippen LogP contribution is 2.40. The van der Waals surface area contributed by atoms with Crippen LogP contribution in [-0.2, 0) is 4.79 Å². The summed E-state index contributed by atoms with van der Waals surface area (Å²) in [5, 5.41) is 0.548. The fourth-order valence-electron chi connectivity index (χ4n) is 3.78. The van der Waals surface area contributed by atoms with Crippen LogP contribution in [0.1, 0.15) is 56.3 Å². The Balaban J connectivity index is 1.71. The largest absolute Gasteiger partial charge is 0.486 e. The molecule has 0 radical (unpaired) electrons. The normalized spacial score (nSPS) is 19.3. The number of likely N-dealkylation sites (tertiary alicyclic amines) is 1. The molecule has 130 valence electrons. The van der Waals surface area contributed by atoms with E-state index in [0.717, 1.165) is 12.8 Å². The number of amides is 1. The van der Waals surface area contributed by atoms with Gasteiger partial charge >= 0.3 is 0 Å². The quantitative estimate of drug-likeness (QED) is 0.825. The Bertz CT molecular complexity index is 646. The average Bonchev–Trinajstić information content (AvgIpc) is 2.57. The van der Waals surface area contributed by atoms with Crippen LogP contribution in [0.4, 0.5) is 0 Å². The van der Waals surface area contributed by atoms with Crippen molar-refractivity contribution in [2.24, 2.45) is 5.92 Å². The molecule has 5 heteroatoms. The maximum absolute atomic E-state index is 12.5. The minimum absolute atomic E-state index is 0.0820. The highest BCUT2D eigenvalue weighted by Gasteiger charge is 2.44. The number of nitrogens with zero attached hydrogens (tertiary/aromatic N) is 1. The summed E-state index contributed by atoms with van der Waals surface area (Å²) < 4.78 is 6.21. The maximum atomic E-state index is 12.5. The van der Waals surface area contributed by atoms with Gasteiger partial charge in [-0.15, -0.1) is 0 Å². The average molecular weight is 350 g/mol. The number of rotatable bonds is 3. The number of benzene rings is 1. The van der Waals surface area contributed by atoms with E-state index in [-0.39, 0.29) is 17.6 Å². The van der Waals surface area contributed by atoms with Gasteiger partial charge in [-0.3, -0.25) is 9.59 Å². The summed E-state index contributed by atoms with van der Waals surface area (Å²) in [6.07, 6.45) is 3.52. The molecule has 3 rings (SSSR count). The first-order valence-corrected chi connectivity index (χ1v) is 9.16. The number of carbonyl (C=O) groups is 2. The Morgan fingerprint density at radius 1 is 1.29 bits per heavy atom. The van der Waals surface area contributed by atoms with E-state index in [0.29, 0.717) is 48.7 Å². The third-order valence-electron chi connectivity index (χ3n) is 5.37. The van der Waals surface area contributed by atoms with Crippen molar-refractivity contribution < 1.29 is 14.3 Å². The predicted molar refractivity (Wildman–Crippen MR) is 93.6 cm³/mol. The minimum atomic E-state index is -0.470. The Hall–Kier alpha value is -1.55. The van der Waals surface area contributed by atoms with Crippen LogP contribution in [0.3, 0.4) is 0 Å². The Morgan fingerprint density at radius 3 is 2.58 bits per heavy atom. The molecule has 1 aromatic carbocycles. The molecule has 2 heterocycles. The minimum Gasteiger partial charge on any atom is -0.486 e. The summed E-state index contributed by atoms with van der Waals surface area (Å²) >= 11 is 5.98. The third kappa shape index (κ3) is 3.16. The van der Waals surface area contributed by atoms with Gasteiger partial charge in [-0.25, -0.2) is 0 Å². The van der Waals surface area contributed by atoms with Crippen LogP contribution in [-0.4, -0.2) is 35.3 Å².